The lowest BCUT2D eigenvalue weighted by atomic mass is 9.57. The van der Waals surface area contributed by atoms with Crippen LogP contribution in [0.4, 0.5) is 40.3 Å². The van der Waals surface area contributed by atoms with Gasteiger partial charge in [0.2, 0.25) is 0 Å². The first kappa shape index (κ1) is 27.1. The maximum absolute atomic E-state index is 11.0. The molecule has 2 aromatic heterocycles. The van der Waals surface area contributed by atoms with E-state index in [0.29, 0.717) is 29.4 Å². The number of hydrogen-bond donors (Lipinski definition) is 4. The highest BCUT2D eigenvalue weighted by atomic mass is 32.1. The van der Waals surface area contributed by atoms with Crippen molar-refractivity contribution in [3.8, 4) is 0 Å². The molecule has 4 aromatic rings. The Bertz CT molecular complexity index is 1630. The molecular formula is C31H32N8O3S. The summed E-state index contributed by atoms with van der Waals surface area (Å²) in [5.74, 6) is 0.782. The summed E-state index contributed by atoms with van der Waals surface area (Å²) < 4.78 is 5.81. The molecule has 0 unspecified atom stereocenters. The molecule has 11 nitrogen and oxygen atoms in total. The third kappa shape index (κ3) is 5.70. The second-order valence-electron chi connectivity index (χ2n) is 11.6. The van der Waals surface area contributed by atoms with Gasteiger partial charge < -0.3 is 35.3 Å². The number of nitrogens with zero attached hydrogens (tertiary/aromatic N) is 5. The van der Waals surface area contributed by atoms with Crippen molar-refractivity contribution in [1.29, 1.82) is 0 Å². The number of para-hydroxylation sites is 1. The van der Waals surface area contributed by atoms with Gasteiger partial charge in [0.15, 0.2) is 4.99 Å². The Kier molecular flexibility index (Phi) is 7.05. The number of nitrogens with one attached hydrogen (secondary N) is 3. The molecule has 220 valence electrons. The van der Waals surface area contributed by atoms with Crippen LogP contribution in [0.1, 0.15) is 38.0 Å². The van der Waals surface area contributed by atoms with E-state index in [9.17, 15) is 4.79 Å². The Hall–Kier alpha value is -4.71. The van der Waals surface area contributed by atoms with Gasteiger partial charge in [-0.1, -0.05) is 35.5 Å². The van der Waals surface area contributed by atoms with Crippen LogP contribution in [0, 0.1) is 11.3 Å². The number of benzene rings is 2. The average Bonchev–Trinajstić information content (AvgIpc) is 3.65. The third-order valence-corrected chi connectivity index (χ3v) is 8.99. The van der Waals surface area contributed by atoms with E-state index in [0.717, 1.165) is 73.0 Å². The second-order valence-corrected chi connectivity index (χ2v) is 12.0. The van der Waals surface area contributed by atoms with Crippen LogP contribution in [-0.2, 0) is 4.79 Å². The van der Waals surface area contributed by atoms with Crippen molar-refractivity contribution in [2.45, 2.75) is 32.1 Å². The van der Waals surface area contributed by atoms with Gasteiger partial charge in [-0.2, -0.15) is 0 Å². The van der Waals surface area contributed by atoms with E-state index in [4.69, 9.17) is 21.7 Å². The molecule has 1 aliphatic carbocycles. The molecule has 4 heterocycles. The van der Waals surface area contributed by atoms with E-state index in [1.807, 2.05) is 48.5 Å². The van der Waals surface area contributed by atoms with Gasteiger partial charge in [-0.05, 0) is 79.5 Å². The van der Waals surface area contributed by atoms with Crippen LogP contribution in [0.5, 0.6) is 0 Å². The quantitative estimate of drug-likeness (QED) is 0.178. The van der Waals surface area contributed by atoms with Crippen molar-refractivity contribution < 1.29 is 14.3 Å². The molecule has 4 N–H and O–H groups in total. The van der Waals surface area contributed by atoms with Crippen molar-refractivity contribution >= 4 is 63.4 Å². The summed E-state index contributed by atoms with van der Waals surface area (Å²) in [6.07, 6.45) is 6.28. The van der Waals surface area contributed by atoms with E-state index in [1.54, 1.807) is 6.20 Å². The van der Waals surface area contributed by atoms with E-state index < -0.39 is 5.97 Å². The highest BCUT2D eigenvalue weighted by Gasteiger charge is 2.46. The molecule has 0 amide bonds. The minimum absolute atomic E-state index is 0.207. The van der Waals surface area contributed by atoms with Crippen LogP contribution < -0.4 is 25.8 Å². The van der Waals surface area contributed by atoms with Gasteiger partial charge in [0.05, 0.1) is 29.9 Å². The van der Waals surface area contributed by atoms with Crippen molar-refractivity contribution in [1.82, 2.24) is 15.2 Å². The van der Waals surface area contributed by atoms with Crippen LogP contribution in [0.3, 0.4) is 0 Å². The number of piperidine rings is 1. The lowest BCUT2D eigenvalue weighted by molar-refractivity contribution is -0.140. The molecule has 0 atom stereocenters. The molecule has 3 aliphatic rings. The Balaban J connectivity index is 0.931. The van der Waals surface area contributed by atoms with Crippen LogP contribution in [-0.4, -0.2) is 51.0 Å². The Morgan fingerprint density at radius 1 is 1.07 bits per heavy atom. The van der Waals surface area contributed by atoms with Crippen LogP contribution in [0.25, 0.3) is 0 Å². The number of pyridine rings is 1. The monoisotopic (exact) mass is 596 g/mol. The summed E-state index contributed by atoms with van der Waals surface area (Å²) in [7, 11) is 0. The third-order valence-electron chi connectivity index (χ3n) is 8.72. The maximum Gasteiger partial charge on any atom is 0.320 e. The summed E-state index contributed by atoms with van der Waals surface area (Å²) >= 11 is 5.53. The smallest absolute Gasteiger partial charge is 0.320 e. The average molecular weight is 597 g/mol. The Morgan fingerprint density at radius 2 is 1.86 bits per heavy atom. The van der Waals surface area contributed by atoms with E-state index in [2.05, 4.69) is 53.1 Å². The highest BCUT2D eigenvalue weighted by Crippen LogP contribution is 2.53. The molecule has 2 aliphatic heterocycles. The predicted octanol–water partition coefficient (Wildman–Crippen LogP) is 5.99. The molecule has 1 saturated heterocycles. The summed E-state index contributed by atoms with van der Waals surface area (Å²) in [6.45, 7) is 2.56. The zero-order valence-electron chi connectivity index (χ0n) is 23.5. The molecule has 1 saturated carbocycles. The fourth-order valence-electron chi connectivity index (χ4n) is 6.57. The van der Waals surface area contributed by atoms with Gasteiger partial charge in [-0.25, -0.2) is 4.98 Å². The number of hydrogen-bond acceptors (Lipinski definition) is 10. The molecule has 2 fully saturated rings. The first-order valence-electron chi connectivity index (χ1n) is 14.5. The van der Waals surface area contributed by atoms with E-state index >= 15 is 0 Å². The molecule has 2 aromatic carbocycles. The predicted molar refractivity (Wildman–Crippen MR) is 170 cm³/mol. The summed E-state index contributed by atoms with van der Waals surface area (Å²) in [4.78, 5) is 20.4. The normalized spacial score (nSPS) is 17.2. The molecule has 0 bridgehead atoms. The van der Waals surface area contributed by atoms with Crippen LogP contribution in [0.2, 0.25) is 0 Å². The van der Waals surface area contributed by atoms with Crippen molar-refractivity contribution in [2.75, 3.05) is 45.5 Å². The lowest BCUT2D eigenvalue weighted by Crippen LogP contribution is -2.47. The van der Waals surface area contributed by atoms with E-state index in [1.165, 1.54) is 0 Å². The number of carboxylic acids is 1. The maximum atomic E-state index is 11.0. The number of aromatic nitrogens is 3. The second kappa shape index (κ2) is 11.2. The number of thiocarbonyl (C=S) groups is 1. The SMILES string of the molecule is O=C(O)CC1CC2(CCN(c3ccc(NC(=S)c4nnc(Nc5ccc6c(c5)N(c5ccccc5)CN6)o4)cn3)CC2)C1. The Labute approximate surface area is 254 Å². The molecule has 43 heavy (non-hydrogen) atoms. The van der Waals surface area contributed by atoms with Crippen molar-refractivity contribution in [2.24, 2.45) is 11.3 Å². The van der Waals surface area contributed by atoms with Crippen LogP contribution >= 0.6 is 12.2 Å². The topological polar surface area (TPSA) is 132 Å². The van der Waals surface area contributed by atoms with Gasteiger partial charge in [0.25, 0.3) is 5.89 Å². The first-order chi connectivity index (χ1) is 20.9. The molecule has 0 radical (unpaired) electrons. The number of anilines is 7. The van der Waals surface area contributed by atoms with Crippen molar-refractivity contribution in [3.05, 3.63) is 72.8 Å². The lowest BCUT2D eigenvalue weighted by Gasteiger charge is -2.52. The zero-order chi connectivity index (χ0) is 29.4. The molecule has 7 rings (SSSR count). The molecule has 12 heteroatoms. The van der Waals surface area contributed by atoms with Crippen LogP contribution in [0.15, 0.2) is 71.3 Å². The van der Waals surface area contributed by atoms with Gasteiger partial charge in [0, 0.05) is 30.9 Å². The fourth-order valence-corrected chi connectivity index (χ4v) is 6.77. The summed E-state index contributed by atoms with van der Waals surface area (Å²) in [5, 5.41) is 27.0. The van der Waals surface area contributed by atoms with E-state index in [-0.39, 0.29) is 11.9 Å². The molecular weight excluding hydrogens is 564 g/mol. The molecule has 1 spiro atoms. The minimum atomic E-state index is -0.686. The summed E-state index contributed by atoms with van der Waals surface area (Å²) in [6, 6.07) is 20.4. The minimum Gasteiger partial charge on any atom is -0.481 e. The Morgan fingerprint density at radius 3 is 2.60 bits per heavy atom. The first-order valence-corrected chi connectivity index (χ1v) is 14.9. The largest absolute Gasteiger partial charge is 0.481 e. The van der Waals surface area contributed by atoms with Gasteiger partial charge in [-0.3, -0.25) is 4.79 Å². The number of carboxylic acid groups (broad SMARTS) is 1. The van der Waals surface area contributed by atoms with Crippen molar-refractivity contribution in [3.63, 3.8) is 0 Å². The number of fused-ring (bicyclic) bond motifs is 1. The number of rotatable bonds is 8. The number of aliphatic carboxylic acids is 1. The highest BCUT2D eigenvalue weighted by molar-refractivity contribution is 7.81. The standard InChI is InChI=1S/C31H32N8O3S/c40-27(41)14-20-16-31(17-20)10-12-38(13-11-31)26-9-7-22(18-32-26)34-29(43)28-36-37-30(42-28)35-21-6-8-24-25(15-21)39(19-33-24)23-4-2-1-3-5-23/h1-9,15,18,20,33H,10-14,16-17,19H2,(H,34,43)(H,35,37)(H,40,41). The van der Waals surface area contributed by atoms with Gasteiger partial charge in [-0.15, -0.1) is 5.10 Å². The number of carbonyl (C=O) groups is 1. The van der Waals surface area contributed by atoms with Gasteiger partial charge in [0.1, 0.15) is 5.82 Å². The zero-order valence-corrected chi connectivity index (χ0v) is 24.3. The van der Waals surface area contributed by atoms with Gasteiger partial charge >= 0.3 is 12.0 Å². The fraction of sp³-hybridized carbons (Fsp3) is 0.323. The summed E-state index contributed by atoms with van der Waals surface area (Å²) in [5.41, 5.74) is 5.09.